The second-order valence-electron chi connectivity index (χ2n) is 7.69. The minimum atomic E-state index is -2.70. The third kappa shape index (κ3) is 3.54. The zero-order valence-corrected chi connectivity index (χ0v) is 17.5. The van der Waals surface area contributed by atoms with E-state index in [0.29, 0.717) is 30.1 Å². The average molecular weight is 443 g/mol. The number of rotatable bonds is 3. The van der Waals surface area contributed by atoms with Crippen LogP contribution in [-0.2, 0) is 4.75 Å². The van der Waals surface area contributed by atoms with Crippen molar-refractivity contribution in [2.24, 2.45) is 0 Å². The van der Waals surface area contributed by atoms with E-state index >= 15 is 0 Å². The molecule has 1 fully saturated rings. The number of fused-ring (bicyclic) bond motifs is 2. The molecule has 1 atom stereocenters. The SMILES string of the molecule is CC1(c2cc(C(F)F)nc3ncnn23)CCCN(C(=O)c2ccc3occc3c2)CS1. The van der Waals surface area contributed by atoms with Crippen molar-refractivity contribution < 1.29 is 18.0 Å². The molecule has 10 heteroatoms. The van der Waals surface area contributed by atoms with Crippen LogP contribution in [0.4, 0.5) is 8.78 Å². The standard InChI is InChI=1S/C21H19F2N5O2S/c1-21(17-10-15(18(22)23)26-20-24-11-25-28(17)20)6-2-7-27(12-31-21)19(29)14-3-4-16-13(9-14)5-8-30-16/h3-5,8-11,18H,2,6-7,12H2,1H3. The Morgan fingerprint density at radius 3 is 3.00 bits per heavy atom. The van der Waals surface area contributed by atoms with Gasteiger partial charge in [0.25, 0.3) is 18.1 Å². The smallest absolute Gasteiger partial charge is 0.280 e. The number of nitrogens with zero attached hydrogens (tertiary/aromatic N) is 5. The maximum Gasteiger partial charge on any atom is 0.280 e. The summed E-state index contributed by atoms with van der Waals surface area (Å²) >= 11 is 1.54. The van der Waals surface area contributed by atoms with Gasteiger partial charge in [-0.1, -0.05) is 0 Å². The van der Waals surface area contributed by atoms with Gasteiger partial charge in [0, 0.05) is 17.5 Å². The number of amides is 1. The fraction of sp³-hybridized carbons (Fsp3) is 0.333. The summed E-state index contributed by atoms with van der Waals surface area (Å²) in [5, 5.41) is 5.07. The fourth-order valence-electron chi connectivity index (χ4n) is 3.93. The lowest BCUT2D eigenvalue weighted by molar-refractivity contribution is 0.0786. The predicted molar refractivity (Wildman–Crippen MR) is 112 cm³/mol. The van der Waals surface area contributed by atoms with Gasteiger partial charge in [-0.3, -0.25) is 4.79 Å². The first-order valence-corrected chi connectivity index (χ1v) is 10.8. The summed E-state index contributed by atoms with van der Waals surface area (Å²) in [6, 6.07) is 8.62. The van der Waals surface area contributed by atoms with Crippen molar-refractivity contribution in [1.29, 1.82) is 0 Å². The van der Waals surface area contributed by atoms with Gasteiger partial charge in [0.05, 0.1) is 22.6 Å². The number of furan rings is 1. The fourth-order valence-corrected chi connectivity index (χ4v) is 5.20. The molecule has 0 bridgehead atoms. The van der Waals surface area contributed by atoms with Gasteiger partial charge in [0.1, 0.15) is 17.6 Å². The van der Waals surface area contributed by atoms with E-state index in [1.165, 1.54) is 28.7 Å². The lowest BCUT2D eigenvalue weighted by atomic mass is 9.99. The van der Waals surface area contributed by atoms with E-state index in [4.69, 9.17) is 4.42 Å². The molecule has 1 aliphatic heterocycles. The van der Waals surface area contributed by atoms with Crippen LogP contribution >= 0.6 is 11.8 Å². The van der Waals surface area contributed by atoms with Crippen LogP contribution in [0.3, 0.4) is 0 Å². The van der Waals surface area contributed by atoms with Crippen LogP contribution in [-0.4, -0.2) is 42.8 Å². The van der Waals surface area contributed by atoms with Gasteiger partial charge in [0.15, 0.2) is 0 Å². The molecule has 31 heavy (non-hydrogen) atoms. The second-order valence-corrected chi connectivity index (χ2v) is 9.14. The predicted octanol–water partition coefficient (Wildman–Crippen LogP) is 4.65. The largest absolute Gasteiger partial charge is 0.464 e. The molecule has 0 saturated carbocycles. The number of hydrogen-bond donors (Lipinski definition) is 0. The summed E-state index contributed by atoms with van der Waals surface area (Å²) in [7, 11) is 0. The summed E-state index contributed by atoms with van der Waals surface area (Å²) in [5.74, 6) is 0.523. The van der Waals surface area contributed by atoms with Gasteiger partial charge in [-0.25, -0.2) is 13.8 Å². The van der Waals surface area contributed by atoms with E-state index in [1.807, 2.05) is 19.1 Å². The topological polar surface area (TPSA) is 76.5 Å². The van der Waals surface area contributed by atoms with Crippen LogP contribution in [0.2, 0.25) is 0 Å². The number of halogens is 2. The Labute approximate surface area is 180 Å². The Morgan fingerprint density at radius 2 is 2.16 bits per heavy atom. The van der Waals surface area contributed by atoms with Crippen molar-refractivity contribution in [1.82, 2.24) is 24.5 Å². The third-order valence-corrected chi connectivity index (χ3v) is 7.14. The minimum Gasteiger partial charge on any atom is -0.464 e. The monoisotopic (exact) mass is 443 g/mol. The summed E-state index contributed by atoms with van der Waals surface area (Å²) in [5.41, 5.74) is 1.63. The van der Waals surface area contributed by atoms with Gasteiger partial charge in [-0.15, -0.1) is 11.8 Å². The first-order valence-electron chi connectivity index (χ1n) is 9.84. The highest BCUT2D eigenvalue weighted by molar-refractivity contribution is 8.00. The molecule has 0 aliphatic carbocycles. The Balaban J connectivity index is 1.43. The molecule has 7 nitrogen and oxygen atoms in total. The highest BCUT2D eigenvalue weighted by Crippen LogP contribution is 2.43. The van der Waals surface area contributed by atoms with Crippen molar-refractivity contribution in [2.75, 3.05) is 12.4 Å². The molecule has 1 amide bonds. The van der Waals surface area contributed by atoms with E-state index in [2.05, 4.69) is 15.1 Å². The molecule has 0 radical (unpaired) electrons. The molecule has 1 aliphatic rings. The van der Waals surface area contributed by atoms with E-state index in [9.17, 15) is 13.6 Å². The normalized spacial score (nSPS) is 19.9. The Hall–Kier alpha value is -3.01. The quantitative estimate of drug-likeness (QED) is 0.459. The summed E-state index contributed by atoms with van der Waals surface area (Å²) in [4.78, 5) is 22.8. The van der Waals surface area contributed by atoms with Gasteiger partial charge < -0.3 is 9.32 Å². The summed E-state index contributed by atoms with van der Waals surface area (Å²) in [6.45, 7) is 2.58. The number of carbonyl (C=O) groups excluding carboxylic acids is 1. The van der Waals surface area contributed by atoms with Crippen LogP contribution < -0.4 is 0 Å². The maximum absolute atomic E-state index is 13.4. The molecular weight excluding hydrogens is 424 g/mol. The molecule has 5 rings (SSSR count). The van der Waals surface area contributed by atoms with Crippen molar-refractivity contribution in [2.45, 2.75) is 30.9 Å². The van der Waals surface area contributed by atoms with Gasteiger partial charge in [-0.05, 0) is 50.1 Å². The molecule has 4 aromatic rings. The van der Waals surface area contributed by atoms with Gasteiger partial charge >= 0.3 is 0 Å². The zero-order valence-electron chi connectivity index (χ0n) is 16.7. The van der Waals surface area contributed by atoms with Crippen LogP contribution in [0.5, 0.6) is 0 Å². The number of carbonyl (C=O) groups is 1. The van der Waals surface area contributed by atoms with Crippen LogP contribution in [0.1, 0.15) is 47.9 Å². The molecule has 1 aromatic carbocycles. The first kappa shape index (κ1) is 19.9. The minimum absolute atomic E-state index is 0.0613. The lowest BCUT2D eigenvalue weighted by Crippen LogP contribution is -2.31. The number of hydrogen-bond acceptors (Lipinski definition) is 6. The molecular formula is C21H19F2N5O2S. The highest BCUT2D eigenvalue weighted by Gasteiger charge is 2.35. The Kier molecular flexibility index (Phi) is 4.88. The van der Waals surface area contributed by atoms with E-state index in [1.54, 1.807) is 23.3 Å². The summed E-state index contributed by atoms with van der Waals surface area (Å²) in [6.07, 6.45) is 1.64. The lowest BCUT2D eigenvalue weighted by Gasteiger charge is -2.28. The molecule has 0 N–H and O–H groups in total. The molecule has 4 heterocycles. The van der Waals surface area contributed by atoms with Crippen molar-refractivity contribution in [3.63, 3.8) is 0 Å². The van der Waals surface area contributed by atoms with E-state index in [-0.39, 0.29) is 17.4 Å². The molecule has 3 aromatic heterocycles. The number of alkyl halides is 2. The Morgan fingerprint density at radius 1 is 1.29 bits per heavy atom. The van der Waals surface area contributed by atoms with E-state index < -0.39 is 11.2 Å². The van der Waals surface area contributed by atoms with Crippen molar-refractivity contribution in [3.8, 4) is 0 Å². The molecule has 1 unspecified atom stereocenters. The summed E-state index contributed by atoms with van der Waals surface area (Å²) < 4.78 is 33.2. The van der Waals surface area contributed by atoms with Crippen LogP contribution in [0, 0.1) is 0 Å². The zero-order chi connectivity index (χ0) is 21.6. The van der Waals surface area contributed by atoms with E-state index in [0.717, 1.165) is 17.4 Å². The second kappa shape index (κ2) is 7.60. The molecule has 1 saturated heterocycles. The first-order chi connectivity index (χ1) is 14.9. The van der Waals surface area contributed by atoms with Gasteiger partial charge in [0.2, 0.25) is 0 Å². The Bertz CT molecular complexity index is 1270. The maximum atomic E-state index is 13.4. The van der Waals surface area contributed by atoms with Crippen LogP contribution in [0.15, 0.2) is 47.3 Å². The molecule has 0 spiro atoms. The third-order valence-electron chi connectivity index (χ3n) is 5.64. The number of aromatic nitrogens is 4. The van der Waals surface area contributed by atoms with Gasteiger partial charge in [-0.2, -0.15) is 14.6 Å². The number of thioether (sulfide) groups is 1. The average Bonchev–Trinajstić information content (AvgIpc) is 3.38. The van der Waals surface area contributed by atoms with Crippen LogP contribution in [0.25, 0.3) is 16.7 Å². The highest BCUT2D eigenvalue weighted by atomic mass is 32.2. The number of benzene rings is 1. The van der Waals surface area contributed by atoms with Crippen molar-refractivity contribution >= 4 is 34.4 Å². The molecule has 160 valence electrons. The van der Waals surface area contributed by atoms with Crippen molar-refractivity contribution in [3.05, 3.63) is 59.9 Å².